The van der Waals surface area contributed by atoms with Gasteiger partial charge in [0.15, 0.2) is 4.80 Å². The Bertz CT molecular complexity index is 1760. The summed E-state index contributed by atoms with van der Waals surface area (Å²) in [5, 5.41) is 0.531. The summed E-state index contributed by atoms with van der Waals surface area (Å²) in [4.78, 5) is 44.0. The summed E-state index contributed by atoms with van der Waals surface area (Å²) in [6, 6.07) is 22.0. The molecule has 0 aliphatic carbocycles. The van der Waals surface area contributed by atoms with Crippen molar-refractivity contribution in [3.8, 4) is 5.75 Å². The van der Waals surface area contributed by atoms with Gasteiger partial charge in [0.05, 0.1) is 34.0 Å². The molecule has 0 N–H and O–H groups in total. The number of carbonyl (C=O) groups is 2. The van der Waals surface area contributed by atoms with E-state index in [-0.39, 0.29) is 12.2 Å². The number of thiazole rings is 1. The van der Waals surface area contributed by atoms with Gasteiger partial charge in [0.1, 0.15) is 5.75 Å². The molecule has 1 aliphatic rings. The van der Waals surface area contributed by atoms with Gasteiger partial charge in [-0.3, -0.25) is 9.36 Å². The minimum Gasteiger partial charge on any atom is -0.463 e. The van der Waals surface area contributed by atoms with Crippen LogP contribution in [0.2, 0.25) is 5.02 Å². The number of benzene rings is 3. The van der Waals surface area contributed by atoms with E-state index in [4.69, 9.17) is 21.1 Å². The Kier molecular flexibility index (Phi) is 7.58. The van der Waals surface area contributed by atoms with Crippen molar-refractivity contribution in [3.63, 3.8) is 0 Å². The first kappa shape index (κ1) is 26.3. The van der Waals surface area contributed by atoms with Gasteiger partial charge >= 0.3 is 11.9 Å². The average molecular weight is 559 g/mol. The fraction of sp³-hybridized carbons (Fsp3) is 0.133. The maximum atomic E-state index is 13.7. The summed E-state index contributed by atoms with van der Waals surface area (Å²) in [6.07, 6.45) is 1.75. The van der Waals surface area contributed by atoms with Gasteiger partial charge in [-0.25, -0.2) is 14.6 Å². The molecule has 9 heteroatoms. The Labute approximate surface area is 232 Å². The van der Waals surface area contributed by atoms with E-state index >= 15 is 0 Å². The molecule has 0 fully saturated rings. The largest absolute Gasteiger partial charge is 0.463 e. The van der Waals surface area contributed by atoms with Crippen LogP contribution in [0.3, 0.4) is 0 Å². The van der Waals surface area contributed by atoms with Gasteiger partial charge in [-0.15, -0.1) is 0 Å². The highest BCUT2D eigenvalue weighted by atomic mass is 35.5. The smallest absolute Gasteiger partial charge is 0.343 e. The van der Waals surface area contributed by atoms with Gasteiger partial charge in [0.2, 0.25) is 0 Å². The summed E-state index contributed by atoms with van der Waals surface area (Å²) in [6.45, 7) is 3.71. The molecule has 4 aromatic rings. The Balaban J connectivity index is 1.49. The van der Waals surface area contributed by atoms with Crippen molar-refractivity contribution in [2.45, 2.75) is 19.9 Å². The number of hydrogen-bond acceptors (Lipinski definition) is 7. The number of carbonyl (C=O) groups excluding carboxylic acids is 2. The summed E-state index contributed by atoms with van der Waals surface area (Å²) in [7, 11) is 0. The Morgan fingerprint density at radius 1 is 1.00 bits per heavy atom. The molecule has 0 saturated carbocycles. The molecule has 3 aromatic carbocycles. The fourth-order valence-corrected chi connectivity index (χ4v) is 5.45. The average Bonchev–Trinajstić information content (AvgIpc) is 3.23. The maximum Gasteiger partial charge on any atom is 0.343 e. The van der Waals surface area contributed by atoms with Crippen LogP contribution in [0.5, 0.6) is 5.75 Å². The summed E-state index contributed by atoms with van der Waals surface area (Å²) >= 11 is 7.12. The molecule has 5 rings (SSSR count). The molecule has 1 aromatic heterocycles. The molecule has 1 unspecified atom stereocenters. The van der Waals surface area contributed by atoms with Crippen LogP contribution >= 0.6 is 22.9 Å². The molecule has 2 heterocycles. The first-order chi connectivity index (χ1) is 18.9. The van der Waals surface area contributed by atoms with Gasteiger partial charge in [-0.2, -0.15) is 0 Å². The lowest BCUT2D eigenvalue weighted by molar-refractivity contribution is -0.139. The van der Waals surface area contributed by atoms with E-state index < -0.39 is 18.0 Å². The van der Waals surface area contributed by atoms with E-state index in [2.05, 4.69) is 4.99 Å². The van der Waals surface area contributed by atoms with Gasteiger partial charge in [0, 0.05) is 5.02 Å². The van der Waals surface area contributed by atoms with Crippen LogP contribution in [0.25, 0.3) is 6.08 Å². The number of fused-ring (bicyclic) bond motifs is 1. The molecule has 0 amide bonds. The van der Waals surface area contributed by atoms with Crippen LogP contribution < -0.4 is 19.6 Å². The van der Waals surface area contributed by atoms with Crippen molar-refractivity contribution < 1.29 is 19.1 Å². The Morgan fingerprint density at radius 3 is 2.36 bits per heavy atom. The molecule has 0 radical (unpaired) electrons. The normalized spacial score (nSPS) is 14.9. The quantitative estimate of drug-likeness (QED) is 0.253. The van der Waals surface area contributed by atoms with Crippen LogP contribution in [0.4, 0.5) is 0 Å². The van der Waals surface area contributed by atoms with Crippen molar-refractivity contribution in [2.24, 2.45) is 4.99 Å². The minimum atomic E-state index is -0.654. The lowest BCUT2D eigenvalue weighted by atomic mass is 9.96. The van der Waals surface area contributed by atoms with Crippen LogP contribution in [-0.4, -0.2) is 23.1 Å². The number of ether oxygens (including phenoxy) is 2. The third-order valence-corrected chi connectivity index (χ3v) is 7.34. The predicted octanol–water partition coefficient (Wildman–Crippen LogP) is 4.67. The molecule has 0 spiro atoms. The first-order valence-corrected chi connectivity index (χ1v) is 13.4. The number of rotatable bonds is 6. The molecular weight excluding hydrogens is 536 g/mol. The number of hydrogen-bond donors (Lipinski definition) is 0. The maximum absolute atomic E-state index is 13.7. The second-order valence-electron chi connectivity index (χ2n) is 8.68. The van der Waals surface area contributed by atoms with E-state index in [0.717, 1.165) is 11.1 Å². The molecule has 39 heavy (non-hydrogen) atoms. The third kappa shape index (κ3) is 5.48. The second kappa shape index (κ2) is 11.2. The lowest BCUT2D eigenvalue weighted by Gasteiger charge is -2.24. The van der Waals surface area contributed by atoms with Crippen LogP contribution in [0, 0.1) is 0 Å². The van der Waals surface area contributed by atoms with E-state index in [9.17, 15) is 14.4 Å². The van der Waals surface area contributed by atoms with Crippen molar-refractivity contribution >= 4 is 41.0 Å². The first-order valence-electron chi connectivity index (χ1n) is 12.2. The van der Waals surface area contributed by atoms with Crippen molar-refractivity contribution in [1.29, 1.82) is 0 Å². The van der Waals surface area contributed by atoms with Gasteiger partial charge in [-0.1, -0.05) is 65.4 Å². The zero-order valence-electron chi connectivity index (χ0n) is 21.1. The zero-order valence-corrected chi connectivity index (χ0v) is 22.7. The van der Waals surface area contributed by atoms with Crippen molar-refractivity contribution in [2.75, 3.05) is 6.61 Å². The highest BCUT2D eigenvalue weighted by molar-refractivity contribution is 7.07. The standard InChI is InChI=1S/C30H23ClN2O5S/c1-3-37-29(36)25-18(2)32-30-33(26(25)20-7-5-4-6-8-20)27(34)24(39-30)17-19-9-15-23(16-10-19)38-28(35)21-11-13-22(31)14-12-21/h4-17,26H,3H2,1-2H3/b24-17-. The number of nitrogens with zero attached hydrogens (tertiary/aromatic N) is 2. The summed E-state index contributed by atoms with van der Waals surface area (Å²) in [5.74, 6) is -0.626. The molecule has 0 bridgehead atoms. The lowest BCUT2D eigenvalue weighted by Crippen LogP contribution is -2.39. The topological polar surface area (TPSA) is 87.0 Å². The van der Waals surface area contributed by atoms with Crippen LogP contribution in [0.15, 0.2) is 99.9 Å². The molecule has 0 saturated heterocycles. The Morgan fingerprint density at radius 2 is 1.69 bits per heavy atom. The van der Waals surface area contributed by atoms with Crippen LogP contribution in [0.1, 0.15) is 41.4 Å². The molecule has 7 nitrogen and oxygen atoms in total. The number of esters is 2. The van der Waals surface area contributed by atoms with Crippen molar-refractivity contribution in [3.05, 3.63) is 132 Å². The van der Waals surface area contributed by atoms with Gasteiger partial charge in [0.25, 0.3) is 5.56 Å². The third-order valence-electron chi connectivity index (χ3n) is 6.10. The van der Waals surface area contributed by atoms with E-state index in [1.54, 1.807) is 73.0 Å². The fourth-order valence-electron chi connectivity index (χ4n) is 4.28. The van der Waals surface area contributed by atoms with Gasteiger partial charge < -0.3 is 9.47 Å². The number of allylic oxidation sites excluding steroid dienone is 1. The van der Waals surface area contributed by atoms with Crippen LogP contribution in [-0.2, 0) is 9.53 Å². The summed E-state index contributed by atoms with van der Waals surface area (Å²) < 4.78 is 12.8. The molecule has 1 atom stereocenters. The number of aromatic nitrogens is 1. The molecule has 1 aliphatic heterocycles. The molecule has 196 valence electrons. The molecular formula is C30H23ClN2O5S. The zero-order chi connectivity index (χ0) is 27.5. The SMILES string of the molecule is CCOC(=O)C1=C(C)N=c2s/c(=C\c3ccc(OC(=O)c4ccc(Cl)cc4)cc3)c(=O)n2C1c1ccccc1. The van der Waals surface area contributed by atoms with E-state index in [0.29, 0.717) is 36.9 Å². The summed E-state index contributed by atoms with van der Waals surface area (Å²) in [5.41, 5.74) is 2.50. The van der Waals surface area contributed by atoms with Crippen molar-refractivity contribution in [1.82, 2.24) is 4.57 Å². The van der Waals surface area contributed by atoms with E-state index in [1.165, 1.54) is 11.3 Å². The monoisotopic (exact) mass is 558 g/mol. The predicted molar refractivity (Wildman–Crippen MR) is 150 cm³/mol. The van der Waals surface area contributed by atoms with E-state index in [1.807, 2.05) is 30.3 Å². The second-order valence-corrected chi connectivity index (χ2v) is 10.1. The highest BCUT2D eigenvalue weighted by Gasteiger charge is 2.33. The minimum absolute atomic E-state index is 0.215. The Hall–Kier alpha value is -4.27. The van der Waals surface area contributed by atoms with Gasteiger partial charge in [-0.05, 0) is 67.4 Å². The highest BCUT2D eigenvalue weighted by Crippen LogP contribution is 2.30. The number of halogens is 1.